The molecule has 2 fully saturated rings. The number of methoxy groups -OCH3 is 1. The largest absolute Gasteiger partial charge is 0.491 e. The zero-order valence-electron chi connectivity index (χ0n) is 15.7. The SMILES string of the molecule is CCCC1CC[C@@H]2C[C@H](CCc3cc(F)c(OC)c(F)c3)CC[C@@H]2C1. The molecule has 2 saturated carbocycles. The number of rotatable bonds is 6. The number of fused-ring (bicyclic) bond motifs is 1. The van der Waals surface area contributed by atoms with Crippen molar-refractivity contribution in [2.24, 2.45) is 23.7 Å². The van der Waals surface area contributed by atoms with E-state index in [1.807, 2.05) is 0 Å². The average Bonchev–Trinajstić information content (AvgIpc) is 2.60. The molecule has 25 heavy (non-hydrogen) atoms. The molecule has 1 aromatic rings. The van der Waals surface area contributed by atoms with Gasteiger partial charge in [0, 0.05) is 0 Å². The van der Waals surface area contributed by atoms with Gasteiger partial charge in [0.1, 0.15) is 0 Å². The highest BCUT2D eigenvalue weighted by Gasteiger charge is 2.35. The molecule has 0 radical (unpaired) electrons. The minimum absolute atomic E-state index is 0.270. The Morgan fingerprint density at radius 1 is 0.920 bits per heavy atom. The summed E-state index contributed by atoms with van der Waals surface area (Å²) in [5.74, 6) is 2.08. The van der Waals surface area contributed by atoms with Crippen LogP contribution in [-0.2, 0) is 6.42 Å². The molecule has 1 nitrogen and oxygen atoms in total. The molecule has 3 rings (SSSR count). The summed E-state index contributed by atoms with van der Waals surface area (Å²) < 4.78 is 32.4. The van der Waals surface area contributed by atoms with E-state index in [-0.39, 0.29) is 5.75 Å². The predicted octanol–water partition coefficient (Wildman–Crippen LogP) is 6.54. The quantitative estimate of drug-likeness (QED) is 0.566. The van der Waals surface area contributed by atoms with Gasteiger partial charge in [0.15, 0.2) is 17.4 Å². The molecule has 1 aromatic carbocycles. The van der Waals surface area contributed by atoms with Crippen molar-refractivity contribution in [2.45, 2.75) is 71.1 Å². The maximum atomic E-state index is 13.8. The lowest BCUT2D eigenvalue weighted by Crippen LogP contribution is -2.31. The highest BCUT2D eigenvalue weighted by Crippen LogP contribution is 2.46. The third-order valence-electron chi connectivity index (χ3n) is 6.63. The van der Waals surface area contributed by atoms with E-state index in [0.717, 1.165) is 42.1 Å². The van der Waals surface area contributed by atoms with Gasteiger partial charge in [-0.05, 0) is 79.9 Å². The predicted molar refractivity (Wildman–Crippen MR) is 97.8 cm³/mol. The van der Waals surface area contributed by atoms with Gasteiger partial charge in [-0.25, -0.2) is 8.78 Å². The van der Waals surface area contributed by atoms with E-state index in [0.29, 0.717) is 0 Å². The van der Waals surface area contributed by atoms with Crippen LogP contribution in [0.5, 0.6) is 5.75 Å². The normalized spacial score (nSPS) is 29.3. The van der Waals surface area contributed by atoms with Crippen LogP contribution in [-0.4, -0.2) is 7.11 Å². The van der Waals surface area contributed by atoms with Crippen LogP contribution in [0.3, 0.4) is 0 Å². The Bertz CT molecular complexity index is 548. The van der Waals surface area contributed by atoms with Crippen LogP contribution in [0.15, 0.2) is 12.1 Å². The van der Waals surface area contributed by atoms with E-state index in [1.165, 1.54) is 70.6 Å². The molecule has 140 valence electrons. The van der Waals surface area contributed by atoms with Crippen LogP contribution in [0.1, 0.15) is 70.3 Å². The van der Waals surface area contributed by atoms with E-state index < -0.39 is 11.6 Å². The molecule has 2 aliphatic carbocycles. The van der Waals surface area contributed by atoms with Gasteiger partial charge in [-0.15, -0.1) is 0 Å². The highest BCUT2D eigenvalue weighted by molar-refractivity contribution is 5.31. The smallest absolute Gasteiger partial charge is 0.190 e. The Balaban J connectivity index is 1.51. The molecule has 0 heterocycles. The van der Waals surface area contributed by atoms with Gasteiger partial charge in [-0.1, -0.05) is 32.6 Å². The lowest BCUT2D eigenvalue weighted by molar-refractivity contribution is 0.0921. The summed E-state index contributed by atoms with van der Waals surface area (Å²) in [5, 5.41) is 0. The van der Waals surface area contributed by atoms with Gasteiger partial charge in [0.2, 0.25) is 0 Å². The van der Waals surface area contributed by atoms with E-state index in [4.69, 9.17) is 4.74 Å². The van der Waals surface area contributed by atoms with E-state index in [1.54, 1.807) is 0 Å². The average molecular weight is 350 g/mol. The number of halogens is 2. The van der Waals surface area contributed by atoms with Gasteiger partial charge < -0.3 is 4.74 Å². The molecule has 0 aliphatic heterocycles. The molecular weight excluding hydrogens is 318 g/mol. The number of hydrogen-bond acceptors (Lipinski definition) is 1. The van der Waals surface area contributed by atoms with Crippen LogP contribution < -0.4 is 4.74 Å². The summed E-state index contributed by atoms with van der Waals surface area (Å²) in [4.78, 5) is 0. The molecule has 4 atom stereocenters. The van der Waals surface area contributed by atoms with Gasteiger partial charge in [-0.2, -0.15) is 0 Å². The lowest BCUT2D eigenvalue weighted by atomic mass is 9.63. The first-order chi connectivity index (χ1) is 12.1. The molecular formula is C22H32F2O. The van der Waals surface area contributed by atoms with Crippen molar-refractivity contribution in [3.63, 3.8) is 0 Å². The standard InChI is InChI=1S/C22H32F2O/c1-3-4-15-7-9-19-12-16(8-10-18(19)11-15)5-6-17-13-20(23)22(25-2)21(24)14-17/h13-16,18-19H,3-12H2,1-2H3/t15?,16-,18-,19-/m1/s1. The van der Waals surface area contributed by atoms with Gasteiger partial charge in [-0.3, -0.25) is 0 Å². The first-order valence-electron chi connectivity index (χ1n) is 10.1. The van der Waals surface area contributed by atoms with Crippen LogP contribution in [0.2, 0.25) is 0 Å². The van der Waals surface area contributed by atoms with E-state index >= 15 is 0 Å². The Morgan fingerprint density at radius 2 is 1.48 bits per heavy atom. The Hall–Kier alpha value is -1.12. The maximum Gasteiger partial charge on any atom is 0.190 e. The van der Waals surface area contributed by atoms with Crippen LogP contribution in [0.4, 0.5) is 8.78 Å². The van der Waals surface area contributed by atoms with Crippen molar-refractivity contribution in [3.05, 3.63) is 29.3 Å². The van der Waals surface area contributed by atoms with Crippen LogP contribution in [0.25, 0.3) is 0 Å². The molecule has 0 N–H and O–H groups in total. The zero-order chi connectivity index (χ0) is 17.8. The van der Waals surface area contributed by atoms with Crippen molar-refractivity contribution in [2.75, 3.05) is 7.11 Å². The molecule has 0 saturated heterocycles. The van der Waals surface area contributed by atoms with Crippen LogP contribution in [0, 0.1) is 35.3 Å². The van der Waals surface area contributed by atoms with Crippen LogP contribution >= 0.6 is 0 Å². The summed E-state index contributed by atoms with van der Waals surface area (Å²) in [6, 6.07) is 2.87. The third-order valence-corrected chi connectivity index (χ3v) is 6.63. The van der Waals surface area contributed by atoms with Gasteiger partial charge in [0.05, 0.1) is 7.11 Å². The summed E-state index contributed by atoms with van der Waals surface area (Å²) in [5.41, 5.74) is 0.754. The number of benzene rings is 1. The molecule has 0 amide bonds. The van der Waals surface area contributed by atoms with E-state index in [2.05, 4.69) is 6.92 Å². The Morgan fingerprint density at radius 3 is 2.00 bits per heavy atom. The molecule has 0 aromatic heterocycles. The topological polar surface area (TPSA) is 9.23 Å². The summed E-state index contributed by atoms with van der Waals surface area (Å²) in [6.45, 7) is 2.30. The first kappa shape index (κ1) is 18.7. The van der Waals surface area contributed by atoms with Crippen molar-refractivity contribution in [1.29, 1.82) is 0 Å². The third kappa shape index (κ3) is 4.54. The highest BCUT2D eigenvalue weighted by atomic mass is 19.1. The monoisotopic (exact) mass is 350 g/mol. The summed E-state index contributed by atoms with van der Waals surface area (Å²) >= 11 is 0. The lowest BCUT2D eigenvalue weighted by Gasteiger charge is -2.42. The number of aryl methyl sites for hydroxylation is 1. The minimum Gasteiger partial charge on any atom is -0.491 e. The first-order valence-corrected chi connectivity index (χ1v) is 10.1. The van der Waals surface area contributed by atoms with Crippen molar-refractivity contribution in [3.8, 4) is 5.75 Å². The number of hydrogen-bond donors (Lipinski definition) is 0. The second-order valence-electron chi connectivity index (χ2n) is 8.30. The van der Waals surface area contributed by atoms with Crippen molar-refractivity contribution in [1.82, 2.24) is 0 Å². The molecule has 3 heteroatoms. The molecule has 1 unspecified atom stereocenters. The van der Waals surface area contributed by atoms with Crippen molar-refractivity contribution >= 4 is 0 Å². The fourth-order valence-corrected chi connectivity index (χ4v) is 5.34. The molecule has 0 spiro atoms. The fourth-order valence-electron chi connectivity index (χ4n) is 5.34. The van der Waals surface area contributed by atoms with Crippen molar-refractivity contribution < 1.29 is 13.5 Å². The Kier molecular flexibility index (Phi) is 6.35. The zero-order valence-corrected chi connectivity index (χ0v) is 15.7. The number of ether oxygens (including phenoxy) is 1. The summed E-state index contributed by atoms with van der Waals surface area (Å²) in [7, 11) is 1.30. The second-order valence-corrected chi connectivity index (χ2v) is 8.30. The Labute approximate surface area is 151 Å². The maximum absolute atomic E-state index is 13.8. The van der Waals surface area contributed by atoms with Gasteiger partial charge >= 0.3 is 0 Å². The molecule has 0 bridgehead atoms. The molecule has 2 aliphatic rings. The van der Waals surface area contributed by atoms with Gasteiger partial charge in [0.25, 0.3) is 0 Å². The minimum atomic E-state index is -0.588. The fraction of sp³-hybridized carbons (Fsp3) is 0.727. The second kappa shape index (κ2) is 8.51. The summed E-state index contributed by atoms with van der Waals surface area (Å²) in [6.07, 6.45) is 12.8. The van der Waals surface area contributed by atoms with E-state index in [9.17, 15) is 8.78 Å².